The summed E-state index contributed by atoms with van der Waals surface area (Å²) < 4.78 is 1.03. The zero-order valence-corrected chi connectivity index (χ0v) is 8.14. The van der Waals surface area contributed by atoms with Crippen molar-refractivity contribution in [3.05, 3.63) is 0 Å². The Kier molecular flexibility index (Phi) is 2.37. The second kappa shape index (κ2) is 3.31. The van der Waals surface area contributed by atoms with Gasteiger partial charge in [-0.25, -0.2) is 0 Å². The first-order valence-corrected chi connectivity index (χ1v) is 5.62. The van der Waals surface area contributed by atoms with Crippen molar-refractivity contribution in [3.63, 3.8) is 0 Å². The van der Waals surface area contributed by atoms with Crippen LogP contribution in [-0.2, 0) is 0 Å². The third-order valence-electron chi connectivity index (χ3n) is 2.51. The summed E-state index contributed by atoms with van der Waals surface area (Å²) in [6.07, 6.45) is 6.90. The third-order valence-corrected chi connectivity index (χ3v) is 4.12. The number of fused-ring (bicyclic) bond motifs is 1. The highest BCUT2D eigenvalue weighted by atomic mass is 32.2. The molecule has 1 aliphatic heterocycles. The zero-order chi connectivity index (χ0) is 7.68. The van der Waals surface area contributed by atoms with Gasteiger partial charge >= 0.3 is 0 Å². The van der Waals surface area contributed by atoms with Crippen molar-refractivity contribution in [1.29, 1.82) is 0 Å². The van der Waals surface area contributed by atoms with Crippen LogP contribution in [0.25, 0.3) is 0 Å². The van der Waals surface area contributed by atoms with E-state index in [1.807, 2.05) is 11.8 Å². The average Bonchev–Trinajstić information content (AvgIpc) is 2.17. The van der Waals surface area contributed by atoms with E-state index in [1.54, 1.807) is 0 Å². The molecule has 0 amide bonds. The van der Waals surface area contributed by atoms with Gasteiger partial charge in [0.05, 0.1) is 0 Å². The lowest BCUT2D eigenvalue weighted by Gasteiger charge is -2.12. The molecule has 2 rings (SSSR count). The van der Waals surface area contributed by atoms with Crippen molar-refractivity contribution in [2.24, 2.45) is 0 Å². The van der Waals surface area contributed by atoms with Gasteiger partial charge in [-0.15, -0.1) is 0 Å². The van der Waals surface area contributed by atoms with Gasteiger partial charge in [-0.1, -0.05) is 43.2 Å². The highest BCUT2D eigenvalue weighted by molar-refractivity contribution is 8.23. The van der Waals surface area contributed by atoms with E-state index in [2.05, 4.69) is 5.32 Å². The number of thiocarbonyl (C=S) groups is 1. The Morgan fingerprint density at radius 1 is 1.27 bits per heavy atom. The molecule has 1 N–H and O–H groups in total. The van der Waals surface area contributed by atoms with Crippen LogP contribution >= 0.6 is 24.0 Å². The number of hydrogen-bond donors (Lipinski definition) is 1. The summed E-state index contributed by atoms with van der Waals surface area (Å²) in [4.78, 5) is 0. The first kappa shape index (κ1) is 7.87. The molecule has 0 bridgehead atoms. The zero-order valence-electron chi connectivity index (χ0n) is 6.51. The topological polar surface area (TPSA) is 12.0 Å². The first-order valence-electron chi connectivity index (χ1n) is 4.33. The quantitative estimate of drug-likeness (QED) is 0.584. The lowest BCUT2D eigenvalue weighted by atomic mass is 10.1. The smallest absolute Gasteiger partial charge is 0.134 e. The van der Waals surface area contributed by atoms with E-state index < -0.39 is 0 Å². The molecule has 1 saturated carbocycles. The second-order valence-corrected chi connectivity index (χ2v) is 5.25. The maximum Gasteiger partial charge on any atom is 0.134 e. The predicted octanol–water partition coefficient (Wildman–Crippen LogP) is 2.31. The Bertz CT molecular complexity index is 153. The van der Waals surface area contributed by atoms with Gasteiger partial charge in [-0.3, -0.25) is 0 Å². The van der Waals surface area contributed by atoms with Crippen molar-refractivity contribution < 1.29 is 0 Å². The second-order valence-electron chi connectivity index (χ2n) is 3.33. The molecule has 0 aromatic rings. The largest absolute Gasteiger partial charge is 0.367 e. The van der Waals surface area contributed by atoms with Crippen LogP contribution in [0, 0.1) is 0 Å². The summed E-state index contributed by atoms with van der Waals surface area (Å²) in [7, 11) is 0. The Hall–Kier alpha value is 0.240. The maximum absolute atomic E-state index is 5.13. The van der Waals surface area contributed by atoms with Crippen LogP contribution in [0.5, 0.6) is 0 Å². The predicted molar refractivity (Wildman–Crippen MR) is 54.0 cm³/mol. The van der Waals surface area contributed by atoms with Gasteiger partial charge in [0.25, 0.3) is 0 Å². The molecule has 3 heteroatoms. The molecule has 0 aromatic heterocycles. The number of thioether (sulfide) groups is 1. The fraction of sp³-hybridized carbons (Fsp3) is 0.875. The molecule has 2 fully saturated rings. The van der Waals surface area contributed by atoms with Gasteiger partial charge in [-0.2, -0.15) is 0 Å². The molecule has 62 valence electrons. The highest BCUT2D eigenvalue weighted by Crippen LogP contribution is 2.33. The van der Waals surface area contributed by atoms with Crippen molar-refractivity contribution in [1.82, 2.24) is 5.32 Å². The summed E-state index contributed by atoms with van der Waals surface area (Å²) in [6.45, 7) is 0. The normalized spacial score (nSPS) is 37.6. The van der Waals surface area contributed by atoms with E-state index in [0.29, 0.717) is 6.04 Å². The summed E-state index contributed by atoms with van der Waals surface area (Å²) in [5.41, 5.74) is 0. The lowest BCUT2D eigenvalue weighted by Crippen LogP contribution is -2.29. The van der Waals surface area contributed by atoms with Crippen LogP contribution in [0.3, 0.4) is 0 Å². The van der Waals surface area contributed by atoms with E-state index in [1.165, 1.54) is 32.1 Å². The van der Waals surface area contributed by atoms with Gasteiger partial charge < -0.3 is 5.32 Å². The van der Waals surface area contributed by atoms with Gasteiger partial charge in [0.15, 0.2) is 0 Å². The minimum absolute atomic E-state index is 0.704. The minimum atomic E-state index is 0.704. The van der Waals surface area contributed by atoms with Gasteiger partial charge in [-0.05, 0) is 12.8 Å². The molecule has 1 nitrogen and oxygen atoms in total. The van der Waals surface area contributed by atoms with Crippen LogP contribution in [0.4, 0.5) is 0 Å². The van der Waals surface area contributed by atoms with Crippen molar-refractivity contribution in [3.8, 4) is 0 Å². The Morgan fingerprint density at radius 3 is 3.00 bits per heavy atom. The standard InChI is InChI=1S/C8H13NS2/c10-8-9-6-4-2-1-3-5-7(6)11-8/h6-7H,1-5H2,(H,9,10)/t6-,7+/m0/s1. The van der Waals surface area contributed by atoms with Gasteiger partial charge in [0.1, 0.15) is 4.32 Å². The molecule has 1 saturated heterocycles. The van der Waals surface area contributed by atoms with E-state index >= 15 is 0 Å². The highest BCUT2D eigenvalue weighted by Gasteiger charge is 2.31. The molecule has 2 aliphatic rings. The van der Waals surface area contributed by atoms with Crippen LogP contribution in [0.15, 0.2) is 0 Å². The molecule has 1 heterocycles. The van der Waals surface area contributed by atoms with Gasteiger partial charge in [0.2, 0.25) is 0 Å². The molecule has 2 atom stereocenters. The number of nitrogens with one attached hydrogen (secondary N) is 1. The van der Waals surface area contributed by atoms with Crippen LogP contribution in [0.1, 0.15) is 32.1 Å². The summed E-state index contributed by atoms with van der Waals surface area (Å²) >= 11 is 7.01. The maximum atomic E-state index is 5.13. The van der Waals surface area contributed by atoms with Crippen LogP contribution in [-0.4, -0.2) is 15.6 Å². The Balaban J connectivity index is 2.01. The van der Waals surface area contributed by atoms with E-state index in [4.69, 9.17) is 12.2 Å². The van der Waals surface area contributed by atoms with E-state index in [0.717, 1.165) is 9.57 Å². The first-order chi connectivity index (χ1) is 5.36. The number of hydrogen-bond acceptors (Lipinski definition) is 2. The Labute approximate surface area is 77.3 Å². The third kappa shape index (κ3) is 1.70. The molecule has 0 unspecified atom stereocenters. The summed E-state index contributed by atoms with van der Waals surface area (Å²) in [6, 6.07) is 0.704. The monoisotopic (exact) mass is 187 g/mol. The molecular weight excluding hydrogens is 174 g/mol. The molecule has 0 spiro atoms. The lowest BCUT2D eigenvalue weighted by molar-refractivity contribution is 0.563. The fourth-order valence-electron chi connectivity index (χ4n) is 1.90. The van der Waals surface area contributed by atoms with Crippen molar-refractivity contribution >= 4 is 28.3 Å². The van der Waals surface area contributed by atoms with Crippen LogP contribution in [0.2, 0.25) is 0 Å². The van der Waals surface area contributed by atoms with Crippen molar-refractivity contribution in [2.45, 2.75) is 43.4 Å². The van der Waals surface area contributed by atoms with E-state index in [9.17, 15) is 0 Å². The van der Waals surface area contributed by atoms with Crippen LogP contribution < -0.4 is 5.32 Å². The number of rotatable bonds is 0. The SMILES string of the molecule is S=C1N[C@H]2CCCCC[C@H]2S1. The molecule has 1 aliphatic carbocycles. The average molecular weight is 187 g/mol. The van der Waals surface area contributed by atoms with E-state index in [-0.39, 0.29) is 0 Å². The van der Waals surface area contributed by atoms with Gasteiger partial charge in [0, 0.05) is 11.3 Å². The van der Waals surface area contributed by atoms with Crippen molar-refractivity contribution in [2.75, 3.05) is 0 Å². The molecular formula is C8H13NS2. The summed E-state index contributed by atoms with van der Waals surface area (Å²) in [5.74, 6) is 0. The summed E-state index contributed by atoms with van der Waals surface area (Å²) in [5, 5.41) is 4.19. The Morgan fingerprint density at radius 2 is 2.09 bits per heavy atom. The minimum Gasteiger partial charge on any atom is -0.367 e. The fourth-order valence-corrected chi connectivity index (χ4v) is 3.57. The molecule has 0 radical (unpaired) electrons. The molecule has 11 heavy (non-hydrogen) atoms. The molecule has 0 aromatic carbocycles.